The van der Waals surface area contributed by atoms with Gasteiger partial charge >= 0.3 is 0 Å². The van der Waals surface area contributed by atoms with Crippen molar-refractivity contribution in [1.82, 2.24) is 25.1 Å². The van der Waals surface area contributed by atoms with Crippen LogP contribution in [0.5, 0.6) is 5.75 Å². The number of rotatable bonds is 15. The highest BCUT2D eigenvalue weighted by molar-refractivity contribution is 7.92. The predicted molar refractivity (Wildman–Crippen MR) is 155 cm³/mol. The molecular formula is C28H44N6O4S. The standard InChI is InChI=1S/C28H44N6O4S/c1-7-8-9-10-11-14-17-39(36,37)33-21-15-12-13-16-22(21)38-19-25(35)29-20-28(5,6)26-31-30-24-18-23(27(2,3)4)32-34(24)26/h12-13,15-16,18,30,33H,7-11,14,17,19-20H2,1-6H3,(H,29,35). The number of amides is 1. The molecule has 2 heterocycles. The van der Waals surface area contributed by atoms with Crippen LogP contribution in [0.4, 0.5) is 5.69 Å². The van der Waals surface area contributed by atoms with Gasteiger partial charge in [0, 0.05) is 23.4 Å². The van der Waals surface area contributed by atoms with Gasteiger partial charge in [0.05, 0.1) is 17.1 Å². The summed E-state index contributed by atoms with van der Waals surface area (Å²) in [6.45, 7) is 12.5. The van der Waals surface area contributed by atoms with Crippen molar-refractivity contribution in [3.8, 4) is 5.75 Å². The van der Waals surface area contributed by atoms with Gasteiger partial charge in [-0.2, -0.15) is 14.7 Å². The Morgan fingerprint density at radius 2 is 1.74 bits per heavy atom. The van der Waals surface area contributed by atoms with E-state index in [2.05, 4.69) is 47.9 Å². The SMILES string of the molecule is CCCCCCCCS(=O)(=O)Nc1ccccc1OCC(=O)NCC(C)(C)c1n[nH]c2cc(C(C)(C)C)nn12. The Kier molecular flexibility index (Phi) is 10.0. The number of ether oxygens (including phenoxy) is 1. The van der Waals surface area contributed by atoms with Gasteiger partial charge in [0.15, 0.2) is 18.1 Å². The van der Waals surface area contributed by atoms with Crippen LogP contribution in [0.2, 0.25) is 0 Å². The lowest BCUT2D eigenvalue weighted by Gasteiger charge is -2.23. The zero-order valence-electron chi connectivity index (χ0n) is 24.1. The summed E-state index contributed by atoms with van der Waals surface area (Å²) in [5.74, 6) is 0.741. The van der Waals surface area contributed by atoms with Crippen molar-refractivity contribution in [3.05, 3.63) is 41.9 Å². The summed E-state index contributed by atoms with van der Waals surface area (Å²) in [6, 6.07) is 8.72. The van der Waals surface area contributed by atoms with E-state index in [9.17, 15) is 13.2 Å². The van der Waals surface area contributed by atoms with E-state index >= 15 is 0 Å². The minimum atomic E-state index is -3.52. The minimum Gasteiger partial charge on any atom is -0.482 e. The van der Waals surface area contributed by atoms with Gasteiger partial charge in [-0.1, -0.05) is 85.8 Å². The summed E-state index contributed by atoms with van der Waals surface area (Å²) < 4.78 is 35.3. The molecule has 0 saturated carbocycles. The van der Waals surface area contributed by atoms with Crippen molar-refractivity contribution < 1.29 is 17.9 Å². The van der Waals surface area contributed by atoms with Crippen molar-refractivity contribution >= 4 is 27.3 Å². The highest BCUT2D eigenvalue weighted by Gasteiger charge is 2.29. The Morgan fingerprint density at radius 1 is 1.05 bits per heavy atom. The summed E-state index contributed by atoms with van der Waals surface area (Å²) >= 11 is 0. The Morgan fingerprint density at radius 3 is 2.46 bits per heavy atom. The van der Waals surface area contributed by atoms with Gasteiger partial charge in [-0.3, -0.25) is 14.6 Å². The topological polar surface area (TPSA) is 130 Å². The summed E-state index contributed by atoms with van der Waals surface area (Å²) in [6.07, 6.45) is 6.00. The number of H-pyrrole nitrogens is 1. The lowest BCUT2D eigenvalue weighted by Crippen LogP contribution is -2.40. The number of nitrogens with zero attached hydrogens (tertiary/aromatic N) is 3. The molecule has 1 aromatic carbocycles. The molecule has 0 radical (unpaired) electrons. The maximum absolute atomic E-state index is 12.7. The number of benzene rings is 1. The maximum atomic E-state index is 12.7. The number of unbranched alkanes of at least 4 members (excludes halogenated alkanes) is 5. The molecule has 0 bridgehead atoms. The third-order valence-electron chi connectivity index (χ3n) is 6.57. The first-order valence-corrected chi connectivity index (χ1v) is 15.4. The molecule has 3 rings (SSSR count). The number of para-hydroxylation sites is 2. The second kappa shape index (κ2) is 12.8. The fraction of sp³-hybridized carbons (Fsp3) is 0.607. The first kappa shape index (κ1) is 30.5. The molecule has 0 atom stereocenters. The predicted octanol–water partition coefficient (Wildman–Crippen LogP) is 4.93. The lowest BCUT2D eigenvalue weighted by molar-refractivity contribution is -0.123. The monoisotopic (exact) mass is 560 g/mol. The average Bonchev–Trinajstić information content (AvgIpc) is 3.46. The molecule has 0 spiro atoms. The Bertz CT molecular complexity index is 1340. The largest absolute Gasteiger partial charge is 0.482 e. The summed E-state index contributed by atoms with van der Waals surface area (Å²) in [5, 5.41) is 15.1. The Labute approximate surface area is 232 Å². The number of nitrogens with one attached hydrogen (secondary N) is 3. The van der Waals surface area contributed by atoms with Gasteiger partial charge in [0.25, 0.3) is 5.91 Å². The number of anilines is 1. The van der Waals surface area contributed by atoms with Crippen molar-refractivity contribution in [3.63, 3.8) is 0 Å². The first-order valence-electron chi connectivity index (χ1n) is 13.8. The minimum absolute atomic E-state index is 0.0526. The Hall–Kier alpha value is -3.08. The molecule has 0 aliphatic rings. The van der Waals surface area contributed by atoms with Gasteiger partial charge in [-0.05, 0) is 18.6 Å². The fourth-order valence-corrected chi connectivity index (χ4v) is 5.33. The third kappa shape index (κ3) is 8.71. The molecule has 0 unspecified atom stereocenters. The number of aromatic amines is 1. The lowest BCUT2D eigenvalue weighted by atomic mass is 9.92. The van der Waals surface area contributed by atoms with E-state index in [0.717, 1.165) is 37.0 Å². The molecule has 0 aliphatic carbocycles. The molecule has 216 valence electrons. The van der Waals surface area contributed by atoms with E-state index in [1.807, 2.05) is 19.9 Å². The van der Waals surface area contributed by atoms with Gasteiger partial charge in [-0.15, -0.1) is 0 Å². The number of sulfonamides is 1. The highest BCUT2D eigenvalue weighted by atomic mass is 32.2. The van der Waals surface area contributed by atoms with Gasteiger partial charge < -0.3 is 10.1 Å². The smallest absolute Gasteiger partial charge is 0.257 e. The first-order chi connectivity index (χ1) is 18.3. The zero-order chi connectivity index (χ0) is 28.7. The van der Waals surface area contributed by atoms with Crippen LogP contribution in [0.15, 0.2) is 30.3 Å². The molecule has 39 heavy (non-hydrogen) atoms. The number of fused-ring (bicyclic) bond motifs is 1. The van der Waals surface area contributed by atoms with Crippen LogP contribution in [0.25, 0.3) is 5.65 Å². The van der Waals surface area contributed by atoms with E-state index in [4.69, 9.17) is 9.84 Å². The molecule has 10 nitrogen and oxygen atoms in total. The molecule has 0 saturated heterocycles. The third-order valence-corrected chi connectivity index (χ3v) is 7.92. The number of hydrogen-bond acceptors (Lipinski definition) is 6. The zero-order valence-corrected chi connectivity index (χ0v) is 25.0. The van der Waals surface area contributed by atoms with E-state index < -0.39 is 15.4 Å². The number of carbonyl (C=O) groups is 1. The van der Waals surface area contributed by atoms with E-state index in [1.165, 1.54) is 6.42 Å². The van der Waals surface area contributed by atoms with E-state index in [0.29, 0.717) is 30.2 Å². The van der Waals surface area contributed by atoms with Crippen molar-refractivity contribution in [1.29, 1.82) is 0 Å². The molecule has 3 aromatic rings. The van der Waals surface area contributed by atoms with Crippen molar-refractivity contribution in [2.75, 3.05) is 23.6 Å². The molecule has 2 aromatic heterocycles. The van der Waals surface area contributed by atoms with Crippen LogP contribution in [0, 0.1) is 0 Å². The second-order valence-corrected chi connectivity index (χ2v) is 13.6. The van der Waals surface area contributed by atoms with E-state index in [1.54, 1.807) is 28.8 Å². The summed E-state index contributed by atoms with van der Waals surface area (Å²) in [5.41, 5.74) is 1.46. The average molecular weight is 561 g/mol. The number of aromatic nitrogens is 4. The quantitative estimate of drug-likeness (QED) is 0.226. The van der Waals surface area contributed by atoms with Crippen LogP contribution in [-0.4, -0.2) is 53.0 Å². The molecular weight excluding hydrogens is 516 g/mol. The highest BCUT2D eigenvalue weighted by Crippen LogP contribution is 2.27. The number of hydrogen-bond donors (Lipinski definition) is 3. The van der Waals surface area contributed by atoms with Crippen LogP contribution < -0.4 is 14.8 Å². The van der Waals surface area contributed by atoms with Crippen LogP contribution >= 0.6 is 0 Å². The fourth-order valence-electron chi connectivity index (χ4n) is 4.15. The van der Waals surface area contributed by atoms with E-state index in [-0.39, 0.29) is 23.7 Å². The summed E-state index contributed by atoms with van der Waals surface area (Å²) in [4.78, 5) is 12.7. The number of carbonyl (C=O) groups excluding carboxylic acids is 1. The molecule has 1 amide bonds. The molecule has 3 N–H and O–H groups in total. The van der Waals surface area contributed by atoms with Crippen molar-refractivity contribution in [2.45, 2.75) is 90.9 Å². The molecule has 11 heteroatoms. The van der Waals surface area contributed by atoms with Gasteiger partial charge in [0.1, 0.15) is 5.75 Å². The van der Waals surface area contributed by atoms with Gasteiger partial charge in [0.2, 0.25) is 10.0 Å². The van der Waals surface area contributed by atoms with Crippen LogP contribution in [0.1, 0.15) is 91.6 Å². The van der Waals surface area contributed by atoms with Crippen LogP contribution in [0.3, 0.4) is 0 Å². The molecule has 0 fully saturated rings. The molecule has 0 aliphatic heterocycles. The van der Waals surface area contributed by atoms with Crippen molar-refractivity contribution in [2.24, 2.45) is 0 Å². The Balaban J connectivity index is 1.54. The van der Waals surface area contributed by atoms with Crippen LogP contribution in [-0.2, 0) is 25.6 Å². The summed E-state index contributed by atoms with van der Waals surface area (Å²) in [7, 11) is -3.52. The van der Waals surface area contributed by atoms with Gasteiger partial charge in [-0.25, -0.2) is 8.42 Å². The second-order valence-electron chi connectivity index (χ2n) is 11.8. The maximum Gasteiger partial charge on any atom is 0.257 e. The normalized spacial score (nSPS) is 12.6.